The number of amides is 3. The fourth-order valence-corrected chi connectivity index (χ4v) is 10.3. The van der Waals surface area contributed by atoms with Crippen LogP contribution in [0.5, 0.6) is 28.7 Å². The largest absolute Gasteiger partial charge is 0.493 e. The molecule has 5 aromatic carbocycles. The highest BCUT2D eigenvalue weighted by Crippen LogP contribution is 2.45. The summed E-state index contributed by atoms with van der Waals surface area (Å²) in [6, 6.07) is 24.4. The van der Waals surface area contributed by atoms with Gasteiger partial charge in [0, 0.05) is 27.6 Å². The Morgan fingerprint density at radius 2 is 1.51 bits per heavy atom. The van der Waals surface area contributed by atoms with Gasteiger partial charge in [0.1, 0.15) is 17.0 Å². The molecular formula is C55H52Cl4F2N4O13S. The van der Waals surface area contributed by atoms with Crippen molar-refractivity contribution in [1.29, 1.82) is 5.26 Å². The smallest absolute Gasteiger partial charge is 0.387 e. The van der Waals surface area contributed by atoms with E-state index in [0.717, 1.165) is 37.5 Å². The topological polar surface area (TPSA) is 256 Å². The Morgan fingerprint density at radius 3 is 2.10 bits per heavy atom. The van der Waals surface area contributed by atoms with Crippen molar-refractivity contribution in [2.75, 3.05) is 30.6 Å². The van der Waals surface area contributed by atoms with Gasteiger partial charge in [-0.25, -0.2) is 4.79 Å². The third-order valence-electron chi connectivity index (χ3n) is 13.0. The van der Waals surface area contributed by atoms with Crippen LogP contribution in [0, 0.1) is 23.2 Å². The quantitative estimate of drug-likeness (QED) is 0.0489. The fraction of sp³-hybridized carbons (Fsp3) is 0.327. The molecule has 0 bridgehead atoms. The molecule has 0 atom stereocenters. The minimum Gasteiger partial charge on any atom is -0.493 e. The summed E-state index contributed by atoms with van der Waals surface area (Å²) in [6.45, 7) is -2.60. The highest BCUT2D eigenvalue weighted by Gasteiger charge is 2.40. The lowest BCUT2D eigenvalue weighted by Crippen LogP contribution is -2.33. The van der Waals surface area contributed by atoms with Gasteiger partial charge in [-0.2, -0.15) is 22.5 Å². The molecule has 418 valence electrons. The molecule has 1 aromatic heterocycles. The van der Waals surface area contributed by atoms with Crippen LogP contribution in [0.2, 0.25) is 20.1 Å². The monoisotopic (exact) mass is 1190 g/mol. The van der Waals surface area contributed by atoms with E-state index >= 15 is 0 Å². The highest BCUT2D eigenvalue weighted by atomic mass is 35.5. The number of nitriles is 1. The first-order valence-electron chi connectivity index (χ1n) is 24.5. The number of methoxy groups -OCH3 is 1. The number of furan rings is 1. The van der Waals surface area contributed by atoms with E-state index in [1.807, 2.05) is 18.2 Å². The Bertz CT molecular complexity index is 3380. The summed E-state index contributed by atoms with van der Waals surface area (Å²) >= 11 is 24.0. The summed E-state index contributed by atoms with van der Waals surface area (Å²) in [4.78, 5) is 48.0. The van der Waals surface area contributed by atoms with E-state index in [1.165, 1.54) is 67.4 Å². The van der Waals surface area contributed by atoms with Crippen molar-refractivity contribution in [3.63, 3.8) is 0 Å². The zero-order chi connectivity index (χ0) is 57.2. The molecule has 3 saturated carbocycles. The van der Waals surface area contributed by atoms with Gasteiger partial charge >= 0.3 is 28.7 Å². The SMILES string of the molecule is COc1ccc(C2(C#N)CCC(C(=O)O)CC2)cc1OC1CCCC1.CS(=O)(=O)Oc1ccc2c(NC(N)=O)c(C(=O)c3ccc(Cl)cc3Cl)oc2c1.O=C(Nc1c(Cl)cccc1Cl)c1ccc(OC(F)F)c(OCC2CC2)c1. The second kappa shape index (κ2) is 26.3. The van der Waals surface area contributed by atoms with Crippen molar-refractivity contribution in [1.82, 2.24) is 0 Å². The Hall–Kier alpha value is -7.02. The summed E-state index contributed by atoms with van der Waals surface area (Å²) in [7, 11) is -2.15. The number of halogens is 6. The third kappa shape index (κ3) is 15.8. The number of urea groups is 1. The van der Waals surface area contributed by atoms with Crippen molar-refractivity contribution in [2.24, 2.45) is 17.6 Å². The Balaban J connectivity index is 0.000000172. The molecule has 24 heteroatoms. The molecule has 1 heterocycles. The van der Waals surface area contributed by atoms with Gasteiger partial charge in [-0.3, -0.25) is 14.4 Å². The molecule has 0 aliphatic heterocycles. The van der Waals surface area contributed by atoms with Crippen LogP contribution in [0.1, 0.15) is 96.2 Å². The Morgan fingerprint density at radius 1 is 0.823 bits per heavy atom. The number of nitrogens with zero attached hydrogens (tertiary/aromatic N) is 1. The van der Waals surface area contributed by atoms with Crippen LogP contribution < -0.4 is 39.5 Å². The van der Waals surface area contributed by atoms with Crippen LogP contribution in [0.4, 0.5) is 25.0 Å². The molecule has 3 aliphatic rings. The van der Waals surface area contributed by atoms with E-state index < -0.39 is 45.8 Å². The molecule has 3 amide bonds. The molecule has 17 nitrogen and oxygen atoms in total. The number of ether oxygens (including phenoxy) is 4. The van der Waals surface area contributed by atoms with Crippen LogP contribution in [-0.4, -0.2) is 69.9 Å². The molecule has 0 spiro atoms. The third-order valence-corrected chi connectivity index (χ3v) is 14.7. The van der Waals surface area contributed by atoms with Crippen molar-refractivity contribution in [3.05, 3.63) is 134 Å². The van der Waals surface area contributed by atoms with E-state index in [-0.39, 0.29) is 78.2 Å². The number of alkyl halides is 2. The molecule has 9 rings (SSSR count). The van der Waals surface area contributed by atoms with Crippen LogP contribution in [0.25, 0.3) is 11.0 Å². The first-order valence-corrected chi connectivity index (χ1v) is 27.9. The van der Waals surface area contributed by atoms with E-state index in [4.69, 9.17) is 74.9 Å². The normalized spacial score (nSPS) is 17.0. The number of primary amides is 1. The maximum atomic E-state index is 12.9. The molecule has 0 unspecified atom stereocenters. The maximum absolute atomic E-state index is 12.9. The number of nitrogens with one attached hydrogen (secondary N) is 2. The number of aliphatic carboxylic acids is 1. The molecule has 6 aromatic rings. The molecule has 5 N–H and O–H groups in total. The summed E-state index contributed by atoms with van der Waals surface area (Å²) < 4.78 is 79.7. The Labute approximate surface area is 473 Å². The standard InChI is InChI=1S/C20H25NO4.C18H15Cl2F2NO3.C17H12Cl2N2O6S/c1-24-17-7-6-15(12-18(17)25-16-4-2-3-5-16)20(13-21)10-8-14(9-11-20)19(22)23;19-12-2-1-3-13(20)16(12)23-17(24)11-6-7-14(26-18(21)22)15(8-11)25-9-10-4-5-10;1-28(24,25)27-9-3-5-11-13(7-9)26-16(14(11)21-17(20)23)15(22)10-4-2-8(18)6-12(10)19/h6-7,12,14,16H,2-5,8-11H2,1H3,(H,22,23);1-3,6-8,10,18H,4-5,9H2,(H,23,24);2-7H,1H3,(H3,20,21,23). The zero-order valence-corrected chi connectivity index (χ0v) is 46.1. The van der Waals surface area contributed by atoms with E-state index in [9.17, 15) is 46.7 Å². The van der Waals surface area contributed by atoms with Crippen LogP contribution in [0.15, 0.2) is 95.4 Å². The minimum absolute atomic E-state index is 0.0180. The van der Waals surface area contributed by atoms with E-state index in [1.54, 1.807) is 25.3 Å². The van der Waals surface area contributed by atoms with Gasteiger partial charge in [0.25, 0.3) is 5.91 Å². The number of ketones is 1. The van der Waals surface area contributed by atoms with Gasteiger partial charge < -0.3 is 49.0 Å². The lowest BCUT2D eigenvalue weighted by molar-refractivity contribution is -0.143. The predicted octanol–water partition coefficient (Wildman–Crippen LogP) is 13.5. The number of carboxylic acids is 1. The minimum atomic E-state index is -3.77. The molecular weight excluding hydrogens is 1140 g/mol. The van der Waals surface area contributed by atoms with Gasteiger partial charge in [-0.05, 0) is 148 Å². The molecule has 0 radical (unpaired) electrons. The number of benzene rings is 5. The first-order chi connectivity index (χ1) is 37.6. The van der Waals surface area contributed by atoms with Crippen molar-refractivity contribution in [2.45, 2.75) is 82.3 Å². The lowest BCUT2D eigenvalue weighted by atomic mass is 9.67. The molecule has 3 aliphatic carbocycles. The van der Waals surface area contributed by atoms with E-state index in [2.05, 4.69) is 21.4 Å². The predicted molar refractivity (Wildman–Crippen MR) is 293 cm³/mol. The molecule has 3 fully saturated rings. The Kier molecular flexibility index (Phi) is 19.8. The summed E-state index contributed by atoms with van der Waals surface area (Å²) in [6.07, 6.45) is 9.85. The number of rotatable bonds is 17. The number of para-hydroxylation sites is 1. The van der Waals surface area contributed by atoms with Gasteiger partial charge in [-0.15, -0.1) is 0 Å². The second-order valence-corrected chi connectivity index (χ2v) is 22.0. The fourth-order valence-electron chi connectivity index (χ4n) is 8.83. The van der Waals surface area contributed by atoms with Crippen molar-refractivity contribution in [3.8, 4) is 34.8 Å². The number of hydrogen-bond acceptors (Lipinski definition) is 13. The number of carbonyl (C=O) groups excluding carboxylic acids is 3. The number of anilines is 2. The highest BCUT2D eigenvalue weighted by molar-refractivity contribution is 7.86. The maximum Gasteiger partial charge on any atom is 0.387 e. The number of hydrogen-bond donors (Lipinski definition) is 4. The van der Waals surface area contributed by atoms with Gasteiger partial charge in [0.05, 0.1) is 64.2 Å². The van der Waals surface area contributed by atoms with Gasteiger partial charge in [-0.1, -0.05) is 58.5 Å². The first kappa shape index (κ1) is 59.6. The number of fused-ring (bicyclic) bond motifs is 1. The summed E-state index contributed by atoms with van der Waals surface area (Å²) in [5, 5.41) is 25.3. The van der Waals surface area contributed by atoms with Crippen molar-refractivity contribution < 1.29 is 69.0 Å². The average molecular weight is 1190 g/mol. The zero-order valence-electron chi connectivity index (χ0n) is 42.3. The molecule has 79 heavy (non-hydrogen) atoms. The number of carboxylic acid groups (broad SMARTS) is 1. The number of nitrogens with two attached hydrogens (primary N) is 1. The molecule has 0 saturated heterocycles. The van der Waals surface area contributed by atoms with Crippen molar-refractivity contribution >= 4 is 103 Å². The lowest BCUT2D eigenvalue weighted by Gasteiger charge is -2.34. The summed E-state index contributed by atoms with van der Waals surface area (Å²) in [5.74, 6) is -0.735. The van der Waals surface area contributed by atoms with Crippen LogP contribution >= 0.6 is 46.4 Å². The van der Waals surface area contributed by atoms with E-state index in [0.29, 0.717) is 60.1 Å². The van der Waals surface area contributed by atoms with Gasteiger partial charge in [0.2, 0.25) is 5.78 Å². The summed E-state index contributed by atoms with van der Waals surface area (Å²) in [5.41, 5.74) is 6.15. The van der Waals surface area contributed by atoms with Crippen LogP contribution in [-0.2, 0) is 20.3 Å². The van der Waals surface area contributed by atoms with Gasteiger partial charge in [0.15, 0.2) is 28.8 Å². The second-order valence-electron chi connectivity index (χ2n) is 18.7. The average Bonchev–Trinajstić information content (AvgIpc) is 4.03. The van der Waals surface area contributed by atoms with Crippen LogP contribution in [0.3, 0.4) is 0 Å². The number of carbonyl (C=O) groups is 4.